The zero-order valence-corrected chi connectivity index (χ0v) is 13.9. The molecule has 0 unspecified atom stereocenters. The van der Waals surface area contributed by atoms with Crippen LogP contribution in [0.15, 0.2) is 35.1 Å². The van der Waals surface area contributed by atoms with Gasteiger partial charge in [0.2, 0.25) is 11.9 Å². The Balaban J connectivity index is 1.92. The molecule has 116 valence electrons. The Labute approximate surface area is 137 Å². The Morgan fingerprint density at radius 2 is 1.86 bits per heavy atom. The Bertz CT molecular complexity index is 647. The summed E-state index contributed by atoms with van der Waals surface area (Å²) in [4.78, 5) is 19.9. The van der Waals surface area contributed by atoms with Crippen molar-refractivity contribution in [2.24, 2.45) is 0 Å². The molecule has 1 aromatic heterocycles. The molecule has 2 rings (SSSR count). The first-order valence-electron chi connectivity index (χ1n) is 6.60. The summed E-state index contributed by atoms with van der Waals surface area (Å²) in [5.74, 6) is 1.47. The van der Waals surface area contributed by atoms with Crippen LogP contribution in [0.5, 0.6) is 11.5 Å². The van der Waals surface area contributed by atoms with E-state index in [9.17, 15) is 4.79 Å². The molecule has 6 nitrogen and oxygen atoms in total. The molecular formula is C15H16BrN3O3. The number of carbonyl (C=O) groups is 1. The number of nitrogens with zero attached hydrogens (tertiary/aromatic N) is 2. The van der Waals surface area contributed by atoms with Crippen LogP contribution >= 0.6 is 15.9 Å². The van der Waals surface area contributed by atoms with Crippen LogP contribution in [0, 0.1) is 0 Å². The quantitative estimate of drug-likeness (QED) is 0.851. The highest BCUT2D eigenvalue weighted by Crippen LogP contribution is 2.27. The van der Waals surface area contributed by atoms with Crippen molar-refractivity contribution in [1.82, 2.24) is 9.97 Å². The first-order chi connectivity index (χ1) is 10.6. The third-order valence-corrected chi connectivity index (χ3v) is 3.37. The number of methoxy groups -OCH3 is 2. The van der Waals surface area contributed by atoms with Gasteiger partial charge in [0, 0.05) is 18.8 Å². The van der Waals surface area contributed by atoms with Gasteiger partial charge >= 0.3 is 0 Å². The largest absolute Gasteiger partial charge is 0.493 e. The smallest absolute Gasteiger partial charge is 0.229 e. The monoisotopic (exact) mass is 365 g/mol. The van der Waals surface area contributed by atoms with E-state index in [1.165, 1.54) is 0 Å². The average Bonchev–Trinajstić information content (AvgIpc) is 2.54. The van der Waals surface area contributed by atoms with Crippen molar-refractivity contribution in [2.45, 2.75) is 12.8 Å². The van der Waals surface area contributed by atoms with Gasteiger partial charge in [0.05, 0.1) is 18.7 Å². The summed E-state index contributed by atoms with van der Waals surface area (Å²) in [6, 6.07) is 5.59. The molecule has 7 heteroatoms. The van der Waals surface area contributed by atoms with Gasteiger partial charge < -0.3 is 9.47 Å². The minimum atomic E-state index is -0.142. The van der Waals surface area contributed by atoms with E-state index in [0.717, 1.165) is 10.0 Å². The Hall–Kier alpha value is -2.15. The molecule has 0 aliphatic carbocycles. The molecule has 0 bridgehead atoms. The molecule has 0 atom stereocenters. The van der Waals surface area contributed by atoms with E-state index in [-0.39, 0.29) is 5.91 Å². The highest BCUT2D eigenvalue weighted by Gasteiger charge is 2.08. The van der Waals surface area contributed by atoms with E-state index in [4.69, 9.17) is 9.47 Å². The van der Waals surface area contributed by atoms with Gasteiger partial charge in [-0.2, -0.15) is 0 Å². The van der Waals surface area contributed by atoms with Gasteiger partial charge in [-0.1, -0.05) is 6.07 Å². The third kappa shape index (κ3) is 4.42. The van der Waals surface area contributed by atoms with E-state index in [2.05, 4.69) is 31.2 Å². The molecule has 0 spiro atoms. The fourth-order valence-corrected chi connectivity index (χ4v) is 2.06. The lowest BCUT2D eigenvalue weighted by molar-refractivity contribution is -0.116. The second-order valence-corrected chi connectivity index (χ2v) is 5.38. The SMILES string of the molecule is COc1ccc(CCC(=O)Nc2ncc(Br)cn2)cc1OC. The summed E-state index contributed by atoms with van der Waals surface area (Å²) < 4.78 is 11.2. The number of aryl methyl sites for hydroxylation is 1. The van der Waals surface area contributed by atoms with Gasteiger partial charge in [-0.3, -0.25) is 10.1 Å². The van der Waals surface area contributed by atoms with Crippen molar-refractivity contribution >= 4 is 27.8 Å². The Kier molecular flexibility index (Phi) is 5.71. The number of benzene rings is 1. The second-order valence-electron chi connectivity index (χ2n) is 4.46. The predicted molar refractivity (Wildman–Crippen MR) is 86.2 cm³/mol. The number of aromatic nitrogens is 2. The number of hydrogen-bond acceptors (Lipinski definition) is 5. The van der Waals surface area contributed by atoms with Gasteiger partial charge in [-0.05, 0) is 40.0 Å². The molecule has 0 aliphatic heterocycles. The minimum Gasteiger partial charge on any atom is -0.493 e. The van der Waals surface area contributed by atoms with Gasteiger partial charge in [0.15, 0.2) is 11.5 Å². The summed E-state index contributed by atoms with van der Waals surface area (Å²) in [6.45, 7) is 0. The van der Waals surface area contributed by atoms with E-state index < -0.39 is 0 Å². The lowest BCUT2D eigenvalue weighted by atomic mass is 10.1. The fraction of sp³-hybridized carbons (Fsp3) is 0.267. The highest BCUT2D eigenvalue weighted by molar-refractivity contribution is 9.10. The maximum Gasteiger partial charge on any atom is 0.229 e. The molecule has 0 saturated carbocycles. The zero-order chi connectivity index (χ0) is 15.9. The molecule has 0 saturated heterocycles. The molecule has 0 fully saturated rings. The first kappa shape index (κ1) is 16.2. The Morgan fingerprint density at radius 1 is 1.18 bits per heavy atom. The minimum absolute atomic E-state index is 0.142. The third-order valence-electron chi connectivity index (χ3n) is 2.96. The standard InChI is InChI=1S/C15H16BrN3O3/c1-21-12-5-3-10(7-13(12)22-2)4-6-14(20)19-15-17-8-11(16)9-18-15/h3,5,7-9H,4,6H2,1-2H3,(H,17,18,19,20). The van der Waals surface area contributed by atoms with Crippen LogP contribution in [0.3, 0.4) is 0 Å². The predicted octanol–water partition coefficient (Wildman–Crippen LogP) is 2.83. The number of ether oxygens (including phenoxy) is 2. The van der Waals surface area contributed by atoms with Crippen molar-refractivity contribution in [3.63, 3.8) is 0 Å². The summed E-state index contributed by atoms with van der Waals surface area (Å²) in [7, 11) is 3.17. The van der Waals surface area contributed by atoms with Crippen LogP contribution in [-0.2, 0) is 11.2 Å². The van der Waals surface area contributed by atoms with Crippen molar-refractivity contribution < 1.29 is 14.3 Å². The molecule has 2 aromatic rings. The topological polar surface area (TPSA) is 73.3 Å². The summed E-state index contributed by atoms with van der Waals surface area (Å²) in [6.07, 6.45) is 4.07. The molecular weight excluding hydrogens is 350 g/mol. The van der Waals surface area contributed by atoms with Crippen molar-refractivity contribution in [3.05, 3.63) is 40.6 Å². The number of anilines is 1. The maximum atomic E-state index is 11.9. The van der Waals surface area contributed by atoms with Gasteiger partial charge in [0.1, 0.15) is 0 Å². The van der Waals surface area contributed by atoms with E-state index in [1.54, 1.807) is 26.6 Å². The van der Waals surface area contributed by atoms with Crippen LogP contribution < -0.4 is 14.8 Å². The number of hydrogen-bond donors (Lipinski definition) is 1. The van der Waals surface area contributed by atoms with Gasteiger partial charge in [-0.25, -0.2) is 9.97 Å². The molecule has 0 aliphatic rings. The number of carbonyl (C=O) groups excluding carboxylic acids is 1. The molecule has 1 N–H and O–H groups in total. The molecule has 1 amide bonds. The molecule has 1 aromatic carbocycles. The summed E-state index contributed by atoms with van der Waals surface area (Å²) in [5.41, 5.74) is 0.990. The van der Waals surface area contributed by atoms with E-state index in [1.807, 2.05) is 18.2 Å². The molecule has 22 heavy (non-hydrogen) atoms. The Morgan fingerprint density at radius 3 is 2.50 bits per heavy atom. The average molecular weight is 366 g/mol. The summed E-state index contributed by atoms with van der Waals surface area (Å²) >= 11 is 3.24. The zero-order valence-electron chi connectivity index (χ0n) is 12.3. The van der Waals surface area contributed by atoms with Gasteiger partial charge in [0.25, 0.3) is 0 Å². The normalized spacial score (nSPS) is 10.1. The number of amides is 1. The summed E-state index contributed by atoms with van der Waals surface area (Å²) in [5, 5.41) is 2.65. The van der Waals surface area contributed by atoms with Crippen molar-refractivity contribution in [1.29, 1.82) is 0 Å². The van der Waals surface area contributed by atoms with Gasteiger partial charge in [-0.15, -0.1) is 0 Å². The molecule has 0 radical (unpaired) electrons. The number of nitrogens with one attached hydrogen (secondary N) is 1. The number of halogens is 1. The van der Waals surface area contributed by atoms with Crippen molar-refractivity contribution in [2.75, 3.05) is 19.5 Å². The highest BCUT2D eigenvalue weighted by atomic mass is 79.9. The maximum absolute atomic E-state index is 11.9. The van der Waals surface area contributed by atoms with Crippen LogP contribution in [0.4, 0.5) is 5.95 Å². The number of rotatable bonds is 6. The van der Waals surface area contributed by atoms with Crippen molar-refractivity contribution in [3.8, 4) is 11.5 Å². The molecule has 1 heterocycles. The first-order valence-corrected chi connectivity index (χ1v) is 7.40. The van der Waals surface area contributed by atoms with Crippen LogP contribution in [-0.4, -0.2) is 30.1 Å². The van der Waals surface area contributed by atoms with E-state index >= 15 is 0 Å². The lowest BCUT2D eigenvalue weighted by Gasteiger charge is -2.09. The van der Waals surface area contributed by atoms with E-state index in [0.29, 0.717) is 30.3 Å². The fourth-order valence-electron chi connectivity index (χ4n) is 1.86. The second kappa shape index (κ2) is 7.74. The van der Waals surface area contributed by atoms with Crippen LogP contribution in [0.1, 0.15) is 12.0 Å². The lowest BCUT2D eigenvalue weighted by Crippen LogP contribution is -2.14. The van der Waals surface area contributed by atoms with Crippen LogP contribution in [0.25, 0.3) is 0 Å². The van der Waals surface area contributed by atoms with Crippen LogP contribution in [0.2, 0.25) is 0 Å².